The Labute approximate surface area is 215 Å². The van der Waals surface area contributed by atoms with Crippen molar-refractivity contribution < 1.29 is 22.4 Å². The lowest BCUT2D eigenvalue weighted by molar-refractivity contribution is -0.139. The Bertz CT molecular complexity index is 1350. The molecule has 0 heterocycles. The molecule has 0 spiro atoms. The second-order valence-corrected chi connectivity index (χ2v) is 10.4. The molecule has 0 aromatic heterocycles. The summed E-state index contributed by atoms with van der Waals surface area (Å²) in [7, 11) is -2.78. The number of carbonyl (C=O) groups is 2. The van der Waals surface area contributed by atoms with Crippen molar-refractivity contribution in [2.75, 3.05) is 17.9 Å². The van der Waals surface area contributed by atoms with Crippen molar-refractivity contribution in [3.8, 4) is 0 Å². The number of hydrogen-bond acceptors (Lipinski definition) is 4. The Hall–Kier alpha value is -3.43. The Balaban J connectivity index is 2.06. The molecule has 0 aliphatic carbocycles. The first-order valence-electron chi connectivity index (χ1n) is 11.1. The zero-order valence-corrected chi connectivity index (χ0v) is 21.7. The van der Waals surface area contributed by atoms with Crippen LogP contribution in [0.4, 0.5) is 10.1 Å². The van der Waals surface area contributed by atoms with E-state index in [1.807, 2.05) is 31.2 Å². The van der Waals surface area contributed by atoms with Crippen molar-refractivity contribution in [3.05, 3.63) is 94.8 Å². The van der Waals surface area contributed by atoms with Gasteiger partial charge in [0.05, 0.1) is 15.6 Å². The molecule has 7 nitrogen and oxygen atoms in total. The van der Waals surface area contributed by atoms with Crippen LogP contribution in [-0.2, 0) is 26.2 Å². The van der Waals surface area contributed by atoms with Crippen molar-refractivity contribution in [1.82, 2.24) is 10.2 Å². The quantitative estimate of drug-likeness (QED) is 0.449. The van der Waals surface area contributed by atoms with E-state index in [0.29, 0.717) is 0 Å². The van der Waals surface area contributed by atoms with Crippen LogP contribution in [0.2, 0.25) is 5.02 Å². The van der Waals surface area contributed by atoms with Crippen molar-refractivity contribution in [2.24, 2.45) is 0 Å². The van der Waals surface area contributed by atoms with Gasteiger partial charge in [0.15, 0.2) is 0 Å². The number of sulfonamides is 1. The van der Waals surface area contributed by atoms with Crippen LogP contribution in [0.25, 0.3) is 0 Å². The molecule has 0 saturated heterocycles. The topological polar surface area (TPSA) is 86.8 Å². The van der Waals surface area contributed by atoms with E-state index in [9.17, 15) is 22.4 Å². The molecule has 10 heteroatoms. The third-order valence-corrected chi connectivity index (χ3v) is 7.89. The van der Waals surface area contributed by atoms with Gasteiger partial charge in [-0.05, 0) is 55.3 Å². The standard InChI is InChI=1S/C26H27ClFN3O4S/c1-18-9-7-8-10-20(18)16-30(19(2)26(33)29-3)25(32)17-31(21-13-14-24(28)23(27)15-21)36(34,35)22-11-5-4-6-12-22/h4-15,19H,16-17H2,1-3H3,(H,29,33)/t19-/m0/s1. The van der Waals surface area contributed by atoms with Gasteiger partial charge in [-0.1, -0.05) is 54.1 Å². The minimum absolute atomic E-state index is 0.0158. The predicted molar refractivity (Wildman–Crippen MR) is 138 cm³/mol. The van der Waals surface area contributed by atoms with Gasteiger partial charge in [0.25, 0.3) is 10.0 Å². The molecule has 1 atom stereocenters. The smallest absolute Gasteiger partial charge is 0.264 e. The van der Waals surface area contributed by atoms with Gasteiger partial charge in [-0.3, -0.25) is 13.9 Å². The molecular weight excluding hydrogens is 505 g/mol. The fraction of sp³-hybridized carbons (Fsp3) is 0.231. The van der Waals surface area contributed by atoms with Crippen molar-refractivity contribution in [1.29, 1.82) is 0 Å². The summed E-state index contributed by atoms with van der Waals surface area (Å²) in [5.41, 5.74) is 1.74. The summed E-state index contributed by atoms with van der Waals surface area (Å²) in [6.45, 7) is 2.91. The molecule has 0 aliphatic rings. The van der Waals surface area contributed by atoms with E-state index < -0.39 is 40.2 Å². The number of benzene rings is 3. The highest BCUT2D eigenvalue weighted by atomic mass is 35.5. The minimum atomic E-state index is -4.24. The predicted octanol–water partition coefficient (Wildman–Crippen LogP) is 4.15. The van der Waals surface area contributed by atoms with E-state index in [1.165, 1.54) is 30.1 Å². The van der Waals surface area contributed by atoms with Gasteiger partial charge in [-0.2, -0.15) is 0 Å². The van der Waals surface area contributed by atoms with E-state index in [4.69, 9.17) is 11.6 Å². The van der Waals surface area contributed by atoms with Crippen LogP contribution in [-0.4, -0.2) is 44.8 Å². The SMILES string of the molecule is CNC(=O)[C@H](C)N(Cc1ccccc1C)C(=O)CN(c1ccc(F)c(Cl)c1)S(=O)(=O)c1ccccc1. The zero-order chi connectivity index (χ0) is 26.5. The molecular formula is C26H27ClFN3O4S. The number of hydrogen-bond donors (Lipinski definition) is 1. The van der Waals surface area contributed by atoms with Gasteiger partial charge in [-0.25, -0.2) is 12.8 Å². The molecule has 1 N–H and O–H groups in total. The average Bonchev–Trinajstić information content (AvgIpc) is 2.87. The third-order valence-electron chi connectivity index (χ3n) is 5.82. The maximum Gasteiger partial charge on any atom is 0.264 e. The third kappa shape index (κ3) is 6.03. The molecule has 0 aliphatic heterocycles. The second kappa shape index (κ2) is 11.5. The summed E-state index contributed by atoms with van der Waals surface area (Å²) < 4.78 is 41.9. The summed E-state index contributed by atoms with van der Waals surface area (Å²) in [5, 5.41) is 2.24. The number of carbonyl (C=O) groups excluding carboxylic acids is 2. The summed E-state index contributed by atoms with van der Waals surface area (Å²) in [5.74, 6) is -1.74. The molecule has 0 fully saturated rings. The molecule has 2 amide bonds. The number of likely N-dealkylation sites (N-methyl/N-ethyl adjacent to an activating group) is 1. The van der Waals surface area contributed by atoms with Crippen LogP contribution >= 0.6 is 11.6 Å². The van der Waals surface area contributed by atoms with E-state index >= 15 is 0 Å². The molecule has 3 aromatic carbocycles. The molecule has 190 valence electrons. The maximum atomic E-state index is 13.9. The Kier molecular flexibility index (Phi) is 8.70. The molecule has 0 bridgehead atoms. The molecule has 3 aromatic rings. The number of amides is 2. The van der Waals surface area contributed by atoms with Gasteiger partial charge in [0.1, 0.15) is 18.4 Å². The highest BCUT2D eigenvalue weighted by Gasteiger charge is 2.32. The number of aryl methyl sites for hydroxylation is 1. The summed E-state index contributed by atoms with van der Waals surface area (Å²) in [4.78, 5) is 27.4. The molecule has 36 heavy (non-hydrogen) atoms. The molecule has 3 rings (SSSR count). The number of rotatable bonds is 9. The lowest BCUT2D eigenvalue weighted by Crippen LogP contribution is -2.50. The van der Waals surface area contributed by atoms with Gasteiger partial charge in [-0.15, -0.1) is 0 Å². The second-order valence-electron chi connectivity index (χ2n) is 8.16. The van der Waals surface area contributed by atoms with Crippen LogP contribution in [0.1, 0.15) is 18.1 Å². The molecule has 0 unspecified atom stereocenters. The number of anilines is 1. The minimum Gasteiger partial charge on any atom is -0.357 e. The van der Waals surface area contributed by atoms with E-state index in [0.717, 1.165) is 27.6 Å². The van der Waals surface area contributed by atoms with Gasteiger partial charge >= 0.3 is 0 Å². The number of nitrogens with one attached hydrogen (secondary N) is 1. The monoisotopic (exact) mass is 531 g/mol. The maximum absolute atomic E-state index is 13.9. The fourth-order valence-electron chi connectivity index (χ4n) is 3.65. The Morgan fingerprint density at radius 3 is 2.28 bits per heavy atom. The summed E-state index contributed by atoms with van der Waals surface area (Å²) >= 11 is 5.94. The van der Waals surface area contributed by atoms with Gasteiger partial charge < -0.3 is 10.2 Å². The van der Waals surface area contributed by atoms with Crippen molar-refractivity contribution >= 4 is 39.1 Å². The molecule has 0 radical (unpaired) electrons. The van der Waals surface area contributed by atoms with Crippen molar-refractivity contribution in [2.45, 2.75) is 31.3 Å². The van der Waals surface area contributed by atoms with Gasteiger partial charge in [0, 0.05) is 13.6 Å². The van der Waals surface area contributed by atoms with E-state index in [2.05, 4.69) is 5.32 Å². The Morgan fingerprint density at radius 1 is 1.03 bits per heavy atom. The Morgan fingerprint density at radius 2 is 1.67 bits per heavy atom. The first-order valence-corrected chi connectivity index (χ1v) is 13.0. The number of nitrogens with zero attached hydrogens (tertiary/aromatic N) is 2. The fourth-order valence-corrected chi connectivity index (χ4v) is 5.25. The van der Waals surface area contributed by atoms with Gasteiger partial charge in [0.2, 0.25) is 11.8 Å². The van der Waals surface area contributed by atoms with E-state index in [-0.39, 0.29) is 22.2 Å². The largest absolute Gasteiger partial charge is 0.357 e. The highest BCUT2D eigenvalue weighted by Crippen LogP contribution is 2.28. The highest BCUT2D eigenvalue weighted by molar-refractivity contribution is 7.92. The lowest BCUT2D eigenvalue weighted by atomic mass is 10.1. The van der Waals surface area contributed by atoms with Crippen LogP contribution in [0.5, 0.6) is 0 Å². The van der Waals surface area contributed by atoms with Crippen LogP contribution in [0.15, 0.2) is 77.7 Å². The zero-order valence-electron chi connectivity index (χ0n) is 20.1. The normalized spacial score (nSPS) is 12.0. The molecule has 0 saturated carbocycles. The summed E-state index contributed by atoms with van der Waals surface area (Å²) in [6, 6.07) is 17.5. The van der Waals surface area contributed by atoms with Crippen LogP contribution in [0.3, 0.4) is 0 Å². The summed E-state index contributed by atoms with van der Waals surface area (Å²) in [6.07, 6.45) is 0. The first-order chi connectivity index (χ1) is 17.1. The lowest BCUT2D eigenvalue weighted by Gasteiger charge is -2.32. The number of halogens is 2. The average molecular weight is 532 g/mol. The van der Waals surface area contributed by atoms with Crippen LogP contribution < -0.4 is 9.62 Å². The van der Waals surface area contributed by atoms with E-state index in [1.54, 1.807) is 25.1 Å². The first kappa shape index (κ1) is 27.2. The van der Waals surface area contributed by atoms with Crippen LogP contribution in [0, 0.1) is 12.7 Å². The van der Waals surface area contributed by atoms with Crippen molar-refractivity contribution in [3.63, 3.8) is 0 Å².